The van der Waals surface area contributed by atoms with Crippen molar-refractivity contribution in [2.24, 2.45) is 5.10 Å². The molecule has 32 heavy (non-hydrogen) atoms. The van der Waals surface area contributed by atoms with E-state index in [-0.39, 0.29) is 0 Å². The normalized spacial score (nSPS) is 11.2. The average Bonchev–Trinajstić information content (AvgIpc) is 3.16. The number of nitrogens with one attached hydrogen (secondary N) is 1. The van der Waals surface area contributed by atoms with Crippen molar-refractivity contribution < 1.29 is 9.47 Å². The van der Waals surface area contributed by atoms with Crippen molar-refractivity contribution in [1.82, 2.24) is 9.55 Å². The van der Waals surface area contributed by atoms with Crippen LogP contribution in [-0.2, 0) is 13.2 Å². The number of aryl methyl sites for hydroxylation is 1. The highest BCUT2D eigenvalue weighted by Gasteiger charge is 2.12. The number of nitrogens with zero attached hydrogens (tertiary/aromatic N) is 3. The van der Waals surface area contributed by atoms with E-state index in [1.165, 1.54) is 0 Å². The average molecular weight is 514 g/mol. The van der Waals surface area contributed by atoms with Crippen molar-refractivity contribution in [1.29, 1.82) is 0 Å². The number of hydrazone groups is 1. The molecule has 1 N–H and O–H groups in total. The number of halogens is 2. The van der Waals surface area contributed by atoms with Crippen LogP contribution in [0.3, 0.4) is 0 Å². The minimum Gasteiger partial charge on any atom is -0.493 e. The fraction of sp³-hybridized carbons (Fsp3) is 0.167. The molecular formula is C24H22BrClN4O2. The van der Waals surface area contributed by atoms with Gasteiger partial charge in [0.1, 0.15) is 6.61 Å². The van der Waals surface area contributed by atoms with Crippen LogP contribution in [0.4, 0.5) is 5.95 Å². The Hall–Kier alpha value is -3.03. The molecule has 0 radical (unpaired) electrons. The molecule has 4 aromatic rings. The third-order valence-corrected chi connectivity index (χ3v) is 5.74. The Labute approximate surface area is 200 Å². The van der Waals surface area contributed by atoms with Gasteiger partial charge in [0, 0.05) is 11.6 Å². The van der Waals surface area contributed by atoms with Gasteiger partial charge in [-0.2, -0.15) is 5.10 Å². The van der Waals surface area contributed by atoms with Crippen LogP contribution in [-0.4, -0.2) is 22.9 Å². The SMILES string of the molecule is CCn1c(N/N=C\c2cc(Br)c(OCc3ccc(Cl)cc3)c(OC)c2)nc2ccccc21. The summed E-state index contributed by atoms with van der Waals surface area (Å²) in [5.74, 6) is 1.93. The maximum atomic E-state index is 5.99. The lowest BCUT2D eigenvalue weighted by Gasteiger charge is -2.13. The van der Waals surface area contributed by atoms with Crippen LogP contribution < -0.4 is 14.9 Å². The number of rotatable bonds is 8. The lowest BCUT2D eigenvalue weighted by Crippen LogP contribution is -2.02. The fourth-order valence-electron chi connectivity index (χ4n) is 3.34. The quantitative estimate of drug-likeness (QED) is 0.216. The summed E-state index contributed by atoms with van der Waals surface area (Å²) in [5.41, 5.74) is 6.90. The molecular weight excluding hydrogens is 492 g/mol. The van der Waals surface area contributed by atoms with Crippen molar-refractivity contribution in [3.05, 3.63) is 81.3 Å². The van der Waals surface area contributed by atoms with E-state index in [4.69, 9.17) is 21.1 Å². The fourth-order valence-corrected chi connectivity index (χ4v) is 4.04. The summed E-state index contributed by atoms with van der Waals surface area (Å²) in [5, 5.41) is 5.07. The first-order chi connectivity index (χ1) is 15.6. The highest BCUT2D eigenvalue weighted by Crippen LogP contribution is 2.37. The number of hydrogen-bond donors (Lipinski definition) is 1. The zero-order valence-electron chi connectivity index (χ0n) is 17.7. The first kappa shape index (κ1) is 22.2. The molecule has 0 fully saturated rings. The number of fused-ring (bicyclic) bond motifs is 1. The van der Waals surface area contributed by atoms with E-state index in [1.807, 2.05) is 60.7 Å². The van der Waals surface area contributed by atoms with Gasteiger partial charge in [0.25, 0.3) is 0 Å². The number of aromatic nitrogens is 2. The molecule has 0 aliphatic carbocycles. The Morgan fingerprint density at radius 1 is 1.16 bits per heavy atom. The van der Waals surface area contributed by atoms with Crippen molar-refractivity contribution >= 4 is 50.7 Å². The molecule has 0 saturated carbocycles. The second-order valence-electron chi connectivity index (χ2n) is 6.99. The summed E-state index contributed by atoms with van der Waals surface area (Å²) in [4.78, 5) is 4.61. The van der Waals surface area contributed by atoms with Gasteiger partial charge in [0.05, 0.1) is 28.8 Å². The van der Waals surface area contributed by atoms with E-state index in [0.717, 1.165) is 33.2 Å². The molecule has 8 heteroatoms. The smallest absolute Gasteiger partial charge is 0.224 e. The van der Waals surface area contributed by atoms with Crippen LogP contribution >= 0.6 is 27.5 Å². The van der Waals surface area contributed by atoms with E-state index in [1.54, 1.807) is 13.3 Å². The highest BCUT2D eigenvalue weighted by atomic mass is 79.9. The molecule has 1 aromatic heterocycles. The van der Waals surface area contributed by atoms with E-state index < -0.39 is 0 Å². The van der Waals surface area contributed by atoms with Crippen molar-refractivity contribution in [3.63, 3.8) is 0 Å². The number of anilines is 1. The summed E-state index contributed by atoms with van der Waals surface area (Å²) in [6, 6.07) is 19.3. The van der Waals surface area contributed by atoms with E-state index in [0.29, 0.717) is 29.1 Å². The summed E-state index contributed by atoms with van der Waals surface area (Å²) in [7, 11) is 1.61. The molecule has 0 spiro atoms. The second-order valence-corrected chi connectivity index (χ2v) is 8.28. The Bertz CT molecular complexity index is 1260. The van der Waals surface area contributed by atoms with Crippen molar-refractivity contribution in [3.8, 4) is 11.5 Å². The Balaban J connectivity index is 1.50. The molecule has 0 aliphatic rings. The predicted octanol–water partition coefficient (Wildman–Crippen LogP) is 6.51. The van der Waals surface area contributed by atoms with Gasteiger partial charge in [0.2, 0.25) is 5.95 Å². The van der Waals surface area contributed by atoms with E-state index in [2.05, 4.69) is 42.9 Å². The maximum Gasteiger partial charge on any atom is 0.224 e. The van der Waals surface area contributed by atoms with Crippen molar-refractivity contribution in [2.45, 2.75) is 20.1 Å². The first-order valence-corrected chi connectivity index (χ1v) is 11.2. The van der Waals surface area contributed by atoms with Gasteiger partial charge in [-0.3, -0.25) is 0 Å². The molecule has 0 unspecified atom stereocenters. The van der Waals surface area contributed by atoms with Crippen LogP contribution in [0.15, 0.2) is 70.2 Å². The lowest BCUT2D eigenvalue weighted by molar-refractivity contribution is 0.282. The largest absolute Gasteiger partial charge is 0.493 e. The van der Waals surface area contributed by atoms with Crippen LogP contribution in [0.1, 0.15) is 18.1 Å². The highest BCUT2D eigenvalue weighted by molar-refractivity contribution is 9.10. The minimum atomic E-state index is 0.397. The third-order valence-electron chi connectivity index (χ3n) is 4.90. The topological polar surface area (TPSA) is 60.7 Å². The molecule has 0 bridgehead atoms. The van der Waals surface area contributed by atoms with Crippen LogP contribution in [0, 0.1) is 0 Å². The number of hydrogen-bond acceptors (Lipinski definition) is 5. The minimum absolute atomic E-state index is 0.397. The van der Waals surface area contributed by atoms with Gasteiger partial charge in [-0.15, -0.1) is 0 Å². The summed E-state index contributed by atoms with van der Waals surface area (Å²) in [6.07, 6.45) is 1.72. The lowest BCUT2D eigenvalue weighted by atomic mass is 10.2. The van der Waals surface area contributed by atoms with Crippen LogP contribution in [0.25, 0.3) is 11.0 Å². The number of imidazole rings is 1. The van der Waals surface area contributed by atoms with Gasteiger partial charge >= 0.3 is 0 Å². The zero-order valence-corrected chi connectivity index (χ0v) is 20.0. The maximum absolute atomic E-state index is 5.99. The van der Waals surface area contributed by atoms with Crippen molar-refractivity contribution in [2.75, 3.05) is 12.5 Å². The second kappa shape index (κ2) is 10.1. The molecule has 0 atom stereocenters. The van der Waals surface area contributed by atoms with Gasteiger partial charge in [0.15, 0.2) is 11.5 Å². The summed E-state index contributed by atoms with van der Waals surface area (Å²) < 4.78 is 14.4. The summed E-state index contributed by atoms with van der Waals surface area (Å²) >= 11 is 9.53. The first-order valence-electron chi connectivity index (χ1n) is 10.1. The van der Waals surface area contributed by atoms with Gasteiger partial charge in [-0.25, -0.2) is 10.4 Å². The monoisotopic (exact) mass is 512 g/mol. The molecule has 164 valence electrons. The van der Waals surface area contributed by atoms with Crippen LogP contribution in [0.2, 0.25) is 5.02 Å². The number of methoxy groups -OCH3 is 1. The van der Waals surface area contributed by atoms with E-state index >= 15 is 0 Å². The molecule has 0 saturated heterocycles. The Morgan fingerprint density at radius 3 is 2.69 bits per heavy atom. The third kappa shape index (κ3) is 4.89. The standard InChI is InChI=1S/C24H22BrClN4O2/c1-3-30-21-7-5-4-6-20(21)28-24(30)29-27-14-17-12-19(25)23(22(13-17)31-2)32-15-16-8-10-18(26)11-9-16/h4-14H,3,15H2,1-2H3,(H,28,29)/b27-14-. The summed E-state index contributed by atoms with van der Waals surface area (Å²) in [6.45, 7) is 3.26. The number of benzene rings is 3. The Kier molecular flexibility index (Phi) is 6.97. The van der Waals surface area contributed by atoms with Crippen LogP contribution in [0.5, 0.6) is 11.5 Å². The molecule has 1 heterocycles. The number of ether oxygens (including phenoxy) is 2. The molecule has 0 amide bonds. The zero-order chi connectivity index (χ0) is 22.5. The molecule has 6 nitrogen and oxygen atoms in total. The number of para-hydroxylation sites is 2. The van der Waals surface area contributed by atoms with E-state index in [9.17, 15) is 0 Å². The molecule has 4 rings (SSSR count). The van der Waals surface area contributed by atoms with Gasteiger partial charge in [-0.1, -0.05) is 35.9 Å². The molecule has 0 aliphatic heterocycles. The predicted molar refractivity (Wildman–Crippen MR) is 133 cm³/mol. The Morgan fingerprint density at radius 2 is 1.94 bits per heavy atom. The molecule has 3 aromatic carbocycles. The van der Waals surface area contributed by atoms with Gasteiger partial charge in [-0.05, 0) is 70.4 Å². The van der Waals surface area contributed by atoms with Gasteiger partial charge < -0.3 is 14.0 Å².